The van der Waals surface area contributed by atoms with Crippen molar-refractivity contribution >= 4 is 17.3 Å². The normalized spacial score (nSPS) is 10.7. The Hall–Kier alpha value is -1.09. The summed E-state index contributed by atoms with van der Waals surface area (Å²) in [5.74, 6) is 0. The summed E-state index contributed by atoms with van der Waals surface area (Å²) >= 11 is 5.48. The standard InChI is InChI=1S/C6H4ClNO2/c7-5-1-3-6(4-2-5)8(9)10/h1-4H/i1D. The highest BCUT2D eigenvalue weighted by Gasteiger charge is 2.01. The average Bonchev–Trinajstić information content (AvgIpc) is 1.94. The number of rotatable bonds is 1. The maximum absolute atomic E-state index is 10.1. The van der Waals surface area contributed by atoms with E-state index in [4.69, 9.17) is 13.0 Å². The summed E-state index contributed by atoms with van der Waals surface area (Å²) in [6.07, 6.45) is 0. The van der Waals surface area contributed by atoms with Crippen LogP contribution in [0.1, 0.15) is 1.37 Å². The van der Waals surface area contributed by atoms with Crippen LogP contribution in [0.5, 0.6) is 0 Å². The van der Waals surface area contributed by atoms with Crippen molar-refractivity contribution < 1.29 is 6.29 Å². The third-order valence-corrected chi connectivity index (χ3v) is 1.20. The zero-order valence-corrected chi connectivity index (χ0v) is 5.63. The molecule has 0 unspecified atom stereocenters. The lowest BCUT2D eigenvalue weighted by Crippen LogP contribution is -1.85. The molecular formula is C6H4ClNO2. The third kappa shape index (κ3) is 1.45. The molecule has 10 heavy (non-hydrogen) atoms. The van der Waals surface area contributed by atoms with E-state index in [2.05, 4.69) is 0 Å². The van der Waals surface area contributed by atoms with Gasteiger partial charge in [-0.05, 0) is 12.1 Å². The van der Waals surface area contributed by atoms with Crippen LogP contribution < -0.4 is 0 Å². The maximum Gasteiger partial charge on any atom is 0.269 e. The Morgan fingerprint density at radius 3 is 2.80 bits per heavy atom. The molecule has 0 saturated carbocycles. The van der Waals surface area contributed by atoms with E-state index in [0.717, 1.165) is 6.07 Å². The zero-order chi connectivity index (χ0) is 8.43. The molecule has 0 saturated heterocycles. The second kappa shape index (κ2) is 2.66. The van der Waals surface area contributed by atoms with E-state index in [1.165, 1.54) is 12.1 Å². The van der Waals surface area contributed by atoms with Crippen molar-refractivity contribution in [3.05, 3.63) is 39.4 Å². The van der Waals surface area contributed by atoms with Gasteiger partial charge in [-0.3, -0.25) is 10.1 Å². The predicted octanol–water partition coefficient (Wildman–Crippen LogP) is 2.25. The van der Waals surface area contributed by atoms with Crippen LogP contribution >= 0.6 is 11.6 Å². The Bertz CT molecular complexity index is 303. The van der Waals surface area contributed by atoms with Crippen LogP contribution in [0.2, 0.25) is 5.02 Å². The summed E-state index contributed by atoms with van der Waals surface area (Å²) in [4.78, 5) is 9.58. The van der Waals surface area contributed by atoms with Crippen molar-refractivity contribution in [2.45, 2.75) is 0 Å². The van der Waals surface area contributed by atoms with Crippen LogP contribution in [0.15, 0.2) is 24.2 Å². The van der Waals surface area contributed by atoms with E-state index < -0.39 is 4.92 Å². The fourth-order valence-electron chi connectivity index (χ4n) is 0.511. The maximum atomic E-state index is 10.1. The van der Waals surface area contributed by atoms with Gasteiger partial charge in [0.1, 0.15) is 0 Å². The van der Waals surface area contributed by atoms with Crippen LogP contribution in [0.3, 0.4) is 0 Å². The Labute approximate surface area is 63.8 Å². The summed E-state index contributed by atoms with van der Waals surface area (Å²) in [5.41, 5.74) is -0.112. The number of nitro groups is 1. The van der Waals surface area contributed by atoms with Crippen molar-refractivity contribution in [2.75, 3.05) is 0 Å². The van der Waals surface area contributed by atoms with Gasteiger partial charge in [0.05, 0.1) is 6.29 Å². The average molecular weight is 159 g/mol. The zero-order valence-electron chi connectivity index (χ0n) is 5.87. The van der Waals surface area contributed by atoms with Crippen LogP contribution in [0.25, 0.3) is 0 Å². The van der Waals surface area contributed by atoms with Crippen molar-refractivity contribution in [3.8, 4) is 0 Å². The molecule has 0 aliphatic heterocycles. The van der Waals surface area contributed by atoms with Crippen molar-refractivity contribution in [1.82, 2.24) is 0 Å². The van der Waals surface area contributed by atoms with Gasteiger partial charge < -0.3 is 0 Å². The lowest BCUT2D eigenvalue weighted by molar-refractivity contribution is -0.384. The molecule has 0 atom stereocenters. The third-order valence-electron chi connectivity index (χ3n) is 0.969. The van der Waals surface area contributed by atoms with Gasteiger partial charge in [-0.2, -0.15) is 0 Å². The molecule has 0 bridgehead atoms. The number of nitro benzene ring substituents is 1. The molecule has 0 aliphatic carbocycles. The number of benzene rings is 1. The van der Waals surface area contributed by atoms with E-state index in [1.807, 2.05) is 0 Å². The molecule has 0 heterocycles. The Balaban J connectivity index is 3.15. The van der Waals surface area contributed by atoms with E-state index in [0.29, 0.717) is 0 Å². The summed E-state index contributed by atoms with van der Waals surface area (Å²) in [6, 6.07) is 3.69. The highest BCUT2D eigenvalue weighted by Crippen LogP contribution is 2.14. The van der Waals surface area contributed by atoms with E-state index >= 15 is 0 Å². The minimum atomic E-state index is -0.561. The lowest BCUT2D eigenvalue weighted by Gasteiger charge is -1.88. The van der Waals surface area contributed by atoms with Gasteiger partial charge in [0.15, 0.2) is 0 Å². The fraction of sp³-hybridized carbons (Fsp3) is 0. The highest BCUT2D eigenvalue weighted by molar-refractivity contribution is 6.30. The van der Waals surface area contributed by atoms with Crippen LogP contribution in [0, 0.1) is 10.1 Å². The lowest BCUT2D eigenvalue weighted by atomic mass is 10.3. The van der Waals surface area contributed by atoms with Crippen molar-refractivity contribution in [2.24, 2.45) is 0 Å². The van der Waals surface area contributed by atoms with E-state index in [9.17, 15) is 10.1 Å². The molecule has 0 spiro atoms. The number of halogens is 1. The molecule has 1 aromatic carbocycles. The number of non-ortho nitro benzene ring substituents is 1. The second-order valence-corrected chi connectivity index (χ2v) is 2.06. The van der Waals surface area contributed by atoms with Gasteiger partial charge in [0.25, 0.3) is 5.69 Å². The topological polar surface area (TPSA) is 43.1 Å². The summed E-state index contributed by atoms with van der Waals surface area (Å²) in [6.45, 7) is 0. The minimum Gasteiger partial charge on any atom is -0.258 e. The second-order valence-electron chi connectivity index (χ2n) is 1.65. The van der Waals surface area contributed by atoms with E-state index in [-0.39, 0.29) is 16.8 Å². The molecule has 0 amide bonds. The molecule has 0 radical (unpaired) electrons. The number of nitrogens with zero attached hydrogens (tertiary/aromatic N) is 1. The Kier molecular flexibility index (Phi) is 1.51. The Morgan fingerprint density at radius 2 is 2.30 bits per heavy atom. The van der Waals surface area contributed by atoms with Gasteiger partial charge in [0.2, 0.25) is 0 Å². The molecule has 0 N–H and O–H groups in total. The molecule has 1 rings (SSSR count). The molecule has 52 valence electrons. The molecule has 4 heteroatoms. The number of hydrogen-bond acceptors (Lipinski definition) is 2. The predicted molar refractivity (Wildman–Crippen MR) is 38.1 cm³/mol. The van der Waals surface area contributed by atoms with Crippen LogP contribution in [0.4, 0.5) is 5.69 Å². The smallest absolute Gasteiger partial charge is 0.258 e. The van der Waals surface area contributed by atoms with Gasteiger partial charge in [-0.15, -0.1) is 0 Å². The van der Waals surface area contributed by atoms with Gasteiger partial charge in [0, 0.05) is 17.2 Å². The summed E-state index contributed by atoms with van der Waals surface area (Å²) in [5, 5.41) is 10.4. The van der Waals surface area contributed by atoms with Gasteiger partial charge >= 0.3 is 0 Å². The first-order valence-corrected chi connectivity index (χ1v) is 2.89. The molecular weight excluding hydrogens is 154 g/mol. The van der Waals surface area contributed by atoms with Crippen molar-refractivity contribution in [3.63, 3.8) is 0 Å². The largest absolute Gasteiger partial charge is 0.269 e. The van der Waals surface area contributed by atoms with Crippen molar-refractivity contribution in [1.29, 1.82) is 0 Å². The van der Waals surface area contributed by atoms with Gasteiger partial charge in [-0.25, -0.2) is 0 Å². The molecule has 0 aliphatic rings. The Morgan fingerprint density at radius 1 is 1.60 bits per heavy atom. The van der Waals surface area contributed by atoms with Gasteiger partial charge in [-0.1, -0.05) is 11.6 Å². The number of hydrogen-bond donors (Lipinski definition) is 0. The quantitative estimate of drug-likeness (QED) is 0.465. The fourth-order valence-corrected chi connectivity index (χ4v) is 0.629. The SMILES string of the molecule is [2H]c1cc([N+](=O)[O-])ccc1Cl. The van der Waals surface area contributed by atoms with Crippen LogP contribution in [-0.2, 0) is 0 Å². The van der Waals surface area contributed by atoms with E-state index in [1.54, 1.807) is 0 Å². The first-order chi connectivity index (χ1) is 5.11. The highest BCUT2D eigenvalue weighted by atomic mass is 35.5. The summed E-state index contributed by atoms with van der Waals surface area (Å²) < 4.78 is 7.12. The molecule has 0 fully saturated rings. The summed E-state index contributed by atoms with van der Waals surface area (Å²) in [7, 11) is 0. The monoisotopic (exact) mass is 158 g/mol. The first-order valence-electron chi connectivity index (χ1n) is 3.02. The molecule has 1 aromatic rings. The molecule has 0 aromatic heterocycles. The minimum absolute atomic E-state index is 0.0270. The molecule has 3 nitrogen and oxygen atoms in total. The van der Waals surface area contributed by atoms with Crippen LogP contribution in [-0.4, -0.2) is 4.92 Å². The first kappa shape index (κ1) is 5.68.